The zero-order valence-electron chi connectivity index (χ0n) is 12.9. The van der Waals surface area contributed by atoms with Crippen LogP contribution in [-0.2, 0) is 4.79 Å². The van der Waals surface area contributed by atoms with E-state index in [-0.39, 0.29) is 5.91 Å². The van der Waals surface area contributed by atoms with Gasteiger partial charge in [-0.2, -0.15) is 0 Å². The number of carbonyl (C=O) groups excluding carboxylic acids is 1. The maximum atomic E-state index is 12.2. The van der Waals surface area contributed by atoms with Gasteiger partial charge in [0.15, 0.2) is 0 Å². The Balaban J connectivity index is 1.57. The molecule has 6 heteroatoms. The summed E-state index contributed by atoms with van der Waals surface area (Å²) in [6.07, 6.45) is 5.17. The van der Waals surface area contributed by atoms with E-state index in [4.69, 9.17) is 0 Å². The molecule has 0 aromatic carbocycles. The molecule has 118 valence electrons. The number of nitrogens with one attached hydrogen (secondary N) is 1. The Hall–Kier alpha value is -1.14. The SMILES string of the molecule is CC1CCCC(NC(=O)CSc2ncnc3sccc23)C1C. The van der Waals surface area contributed by atoms with E-state index < -0.39 is 0 Å². The second-order valence-corrected chi connectivity index (χ2v) is 7.91. The van der Waals surface area contributed by atoms with Gasteiger partial charge in [0, 0.05) is 11.4 Å². The molecule has 3 atom stereocenters. The van der Waals surface area contributed by atoms with E-state index in [0.29, 0.717) is 23.6 Å². The number of hydrogen-bond acceptors (Lipinski definition) is 5. The van der Waals surface area contributed by atoms with Crippen molar-refractivity contribution in [3.8, 4) is 0 Å². The van der Waals surface area contributed by atoms with Gasteiger partial charge in [0.2, 0.25) is 5.91 Å². The van der Waals surface area contributed by atoms with Crippen LogP contribution in [0.1, 0.15) is 33.1 Å². The number of carbonyl (C=O) groups is 1. The first-order chi connectivity index (χ1) is 10.6. The molecule has 0 aliphatic heterocycles. The first-order valence-electron chi connectivity index (χ1n) is 7.75. The van der Waals surface area contributed by atoms with Gasteiger partial charge >= 0.3 is 0 Å². The topological polar surface area (TPSA) is 54.9 Å². The molecule has 0 spiro atoms. The van der Waals surface area contributed by atoms with Crippen molar-refractivity contribution >= 4 is 39.2 Å². The summed E-state index contributed by atoms with van der Waals surface area (Å²) >= 11 is 3.10. The summed E-state index contributed by atoms with van der Waals surface area (Å²) < 4.78 is 0. The number of thioether (sulfide) groups is 1. The van der Waals surface area contributed by atoms with Crippen LogP contribution in [0.3, 0.4) is 0 Å². The van der Waals surface area contributed by atoms with E-state index in [1.165, 1.54) is 24.6 Å². The minimum atomic E-state index is 0.109. The highest BCUT2D eigenvalue weighted by atomic mass is 32.2. The molecule has 2 aromatic heterocycles. The van der Waals surface area contributed by atoms with Gasteiger partial charge in [-0.25, -0.2) is 9.97 Å². The third kappa shape index (κ3) is 3.43. The van der Waals surface area contributed by atoms with E-state index in [2.05, 4.69) is 29.1 Å². The van der Waals surface area contributed by atoms with Crippen molar-refractivity contribution in [1.29, 1.82) is 0 Å². The van der Waals surface area contributed by atoms with Gasteiger partial charge in [0.1, 0.15) is 16.2 Å². The van der Waals surface area contributed by atoms with Gasteiger partial charge in [-0.15, -0.1) is 11.3 Å². The van der Waals surface area contributed by atoms with Gasteiger partial charge in [-0.3, -0.25) is 4.79 Å². The lowest BCUT2D eigenvalue weighted by Gasteiger charge is -2.34. The monoisotopic (exact) mass is 335 g/mol. The molecule has 3 unspecified atom stereocenters. The van der Waals surface area contributed by atoms with Gasteiger partial charge in [-0.05, 0) is 29.7 Å². The zero-order valence-corrected chi connectivity index (χ0v) is 14.5. The minimum absolute atomic E-state index is 0.109. The number of aromatic nitrogens is 2. The van der Waals surface area contributed by atoms with E-state index >= 15 is 0 Å². The smallest absolute Gasteiger partial charge is 0.230 e. The highest BCUT2D eigenvalue weighted by Crippen LogP contribution is 2.30. The second kappa shape index (κ2) is 6.96. The molecule has 2 heterocycles. The Morgan fingerprint density at radius 1 is 1.41 bits per heavy atom. The fourth-order valence-electron chi connectivity index (χ4n) is 3.05. The Morgan fingerprint density at radius 2 is 2.27 bits per heavy atom. The van der Waals surface area contributed by atoms with Crippen molar-refractivity contribution in [3.05, 3.63) is 17.8 Å². The molecule has 0 saturated heterocycles. The third-order valence-corrected chi connectivity index (χ3v) is 6.44. The van der Waals surface area contributed by atoms with Crippen LogP contribution < -0.4 is 5.32 Å². The number of hydrogen-bond donors (Lipinski definition) is 1. The number of amides is 1. The van der Waals surface area contributed by atoms with Crippen LogP contribution in [0, 0.1) is 11.8 Å². The summed E-state index contributed by atoms with van der Waals surface area (Å²) in [6, 6.07) is 2.34. The van der Waals surface area contributed by atoms with Crippen LogP contribution >= 0.6 is 23.1 Å². The fourth-order valence-corrected chi connectivity index (χ4v) is 4.64. The molecule has 0 bridgehead atoms. The molecular weight excluding hydrogens is 314 g/mol. The van der Waals surface area contributed by atoms with Gasteiger partial charge in [0.05, 0.1) is 5.75 Å². The summed E-state index contributed by atoms with van der Waals surface area (Å²) in [4.78, 5) is 21.8. The van der Waals surface area contributed by atoms with Crippen LogP contribution in [0.2, 0.25) is 0 Å². The lowest BCUT2D eigenvalue weighted by atomic mass is 9.78. The summed E-state index contributed by atoms with van der Waals surface area (Å²) in [5.74, 6) is 1.78. The Kier molecular flexibility index (Phi) is 4.98. The van der Waals surface area contributed by atoms with Gasteiger partial charge in [0.25, 0.3) is 0 Å². The standard InChI is InChI=1S/C16H21N3OS2/c1-10-4-3-5-13(11(10)2)19-14(20)8-22-16-12-6-7-21-15(12)17-9-18-16/h6-7,9-11,13H,3-5,8H2,1-2H3,(H,19,20). The average molecular weight is 335 g/mol. The summed E-state index contributed by atoms with van der Waals surface area (Å²) in [7, 11) is 0. The highest BCUT2D eigenvalue weighted by Gasteiger charge is 2.28. The van der Waals surface area contributed by atoms with Crippen LogP contribution in [-0.4, -0.2) is 27.7 Å². The molecule has 1 saturated carbocycles. The lowest BCUT2D eigenvalue weighted by molar-refractivity contribution is -0.119. The van der Waals surface area contributed by atoms with Crippen LogP contribution in [0.5, 0.6) is 0 Å². The van der Waals surface area contributed by atoms with Crippen molar-refractivity contribution in [2.75, 3.05) is 5.75 Å². The molecule has 1 fully saturated rings. The van der Waals surface area contributed by atoms with Crippen LogP contribution in [0.15, 0.2) is 22.8 Å². The van der Waals surface area contributed by atoms with Crippen molar-refractivity contribution in [1.82, 2.24) is 15.3 Å². The number of thiophene rings is 1. The van der Waals surface area contributed by atoms with E-state index in [1.807, 2.05) is 11.4 Å². The van der Waals surface area contributed by atoms with E-state index in [0.717, 1.165) is 21.7 Å². The second-order valence-electron chi connectivity index (χ2n) is 6.05. The summed E-state index contributed by atoms with van der Waals surface area (Å²) in [5.41, 5.74) is 0. The van der Waals surface area contributed by atoms with Crippen molar-refractivity contribution in [2.24, 2.45) is 11.8 Å². The predicted octanol–water partition coefficient (Wildman–Crippen LogP) is 3.72. The van der Waals surface area contributed by atoms with Crippen LogP contribution in [0.25, 0.3) is 10.2 Å². The van der Waals surface area contributed by atoms with Crippen molar-refractivity contribution < 1.29 is 4.79 Å². The Morgan fingerprint density at radius 3 is 3.14 bits per heavy atom. The zero-order chi connectivity index (χ0) is 15.5. The van der Waals surface area contributed by atoms with E-state index in [9.17, 15) is 4.79 Å². The molecule has 3 rings (SSSR count). The van der Waals surface area contributed by atoms with Gasteiger partial charge in [-0.1, -0.05) is 38.5 Å². The summed E-state index contributed by atoms with van der Waals surface area (Å²) in [5, 5.41) is 7.16. The Bertz CT molecular complexity index is 658. The molecule has 1 aliphatic rings. The molecule has 1 aliphatic carbocycles. The molecule has 22 heavy (non-hydrogen) atoms. The fraction of sp³-hybridized carbons (Fsp3) is 0.562. The first-order valence-corrected chi connectivity index (χ1v) is 9.62. The van der Waals surface area contributed by atoms with Crippen LogP contribution in [0.4, 0.5) is 0 Å². The molecular formula is C16H21N3OS2. The maximum Gasteiger partial charge on any atom is 0.230 e. The highest BCUT2D eigenvalue weighted by molar-refractivity contribution is 8.00. The quantitative estimate of drug-likeness (QED) is 0.683. The third-order valence-electron chi connectivity index (χ3n) is 4.62. The number of rotatable bonds is 4. The van der Waals surface area contributed by atoms with E-state index in [1.54, 1.807) is 17.7 Å². The minimum Gasteiger partial charge on any atom is -0.352 e. The molecule has 4 nitrogen and oxygen atoms in total. The van der Waals surface area contributed by atoms with Gasteiger partial charge < -0.3 is 5.32 Å². The predicted molar refractivity (Wildman–Crippen MR) is 92.2 cm³/mol. The number of nitrogens with zero attached hydrogens (tertiary/aromatic N) is 2. The lowest BCUT2D eigenvalue weighted by Crippen LogP contribution is -2.44. The normalized spacial score (nSPS) is 25.3. The van der Waals surface area contributed by atoms with Crippen molar-refractivity contribution in [3.63, 3.8) is 0 Å². The molecule has 1 amide bonds. The first kappa shape index (κ1) is 15.7. The number of fused-ring (bicyclic) bond motifs is 1. The van der Waals surface area contributed by atoms with Crippen molar-refractivity contribution in [2.45, 2.75) is 44.2 Å². The Labute approximate surface area is 139 Å². The average Bonchev–Trinajstić information content (AvgIpc) is 2.99. The molecule has 2 aromatic rings. The molecule has 0 radical (unpaired) electrons. The summed E-state index contributed by atoms with van der Waals surface area (Å²) in [6.45, 7) is 4.53. The largest absolute Gasteiger partial charge is 0.352 e. The maximum absolute atomic E-state index is 12.2. The molecule has 1 N–H and O–H groups in total.